The van der Waals surface area contributed by atoms with E-state index >= 15 is 0 Å². The molecule has 0 saturated carbocycles. The number of aryl methyl sites for hydroxylation is 4. The summed E-state index contributed by atoms with van der Waals surface area (Å²) in [7, 11) is 0. The number of rotatable bonds is 6. The van der Waals surface area contributed by atoms with Crippen LogP contribution in [0.25, 0.3) is 0 Å². The molecule has 0 radical (unpaired) electrons. The van der Waals surface area contributed by atoms with E-state index in [1.807, 2.05) is 44.2 Å². The molecule has 0 aliphatic carbocycles. The average molecular weight is 312 g/mol. The molecular formula is C20H24O3. The van der Waals surface area contributed by atoms with E-state index in [1.54, 1.807) is 0 Å². The first-order valence-electron chi connectivity index (χ1n) is 7.89. The van der Waals surface area contributed by atoms with Crippen LogP contribution in [0.4, 0.5) is 0 Å². The predicted octanol–water partition coefficient (Wildman–Crippen LogP) is 4.56. The van der Waals surface area contributed by atoms with Gasteiger partial charge in [-0.05, 0) is 68.0 Å². The molecule has 0 spiro atoms. The second-order valence-electron chi connectivity index (χ2n) is 6.09. The van der Waals surface area contributed by atoms with Gasteiger partial charge in [0.2, 0.25) is 0 Å². The van der Waals surface area contributed by atoms with Crippen molar-refractivity contribution in [3.05, 3.63) is 64.2 Å². The zero-order chi connectivity index (χ0) is 17.0. The third kappa shape index (κ3) is 4.13. The third-order valence-electron chi connectivity index (χ3n) is 4.32. The molecule has 1 atom stereocenters. The van der Waals surface area contributed by atoms with Crippen LogP contribution in [0.5, 0.6) is 5.75 Å². The van der Waals surface area contributed by atoms with E-state index in [4.69, 9.17) is 4.74 Å². The van der Waals surface area contributed by atoms with Gasteiger partial charge in [-0.1, -0.05) is 30.3 Å². The summed E-state index contributed by atoms with van der Waals surface area (Å²) in [5.74, 6) is -0.509. The summed E-state index contributed by atoms with van der Waals surface area (Å²) in [4.78, 5) is 11.6. The second-order valence-corrected chi connectivity index (χ2v) is 6.09. The monoisotopic (exact) mass is 312 g/mol. The molecule has 0 aliphatic heterocycles. The fourth-order valence-corrected chi connectivity index (χ4v) is 2.77. The molecule has 1 unspecified atom stereocenters. The molecular weight excluding hydrogens is 288 g/mol. The van der Waals surface area contributed by atoms with E-state index < -0.39 is 11.9 Å². The molecule has 2 aromatic carbocycles. The molecule has 0 saturated heterocycles. The van der Waals surface area contributed by atoms with Crippen molar-refractivity contribution in [2.75, 3.05) is 6.61 Å². The number of carboxylic acids is 1. The largest absolute Gasteiger partial charge is 0.493 e. The molecule has 0 fully saturated rings. The number of carbonyl (C=O) groups is 1. The minimum Gasteiger partial charge on any atom is -0.493 e. The van der Waals surface area contributed by atoms with Crippen LogP contribution in [0.3, 0.4) is 0 Å². The van der Waals surface area contributed by atoms with E-state index in [9.17, 15) is 9.90 Å². The third-order valence-corrected chi connectivity index (χ3v) is 4.32. The highest BCUT2D eigenvalue weighted by molar-refractivity contribution is 5.76. The first-order valence-corrected chi connectivity index (χ1v) is 7.89. The number of carboxylic acid groups (broad SMARTS) is 1. The zero-order valence-corrected chi connectivity index (χ0v) is 14.2. The molecule has 3 heteroatoms. The maximum atomic E-state index is 11.6. The van der Waals surface area contributed by atoms with Gasteiger partial charge < -0.3 is 9.84 Å². The highest BCUT2D eigenvalue weighted by Crippen LogP contribution is 2.26. The van der Waals surface area contributed by atoms with Gasteiger partial charge in [-0.25, -0.2) is 0 Å². The normalized spacial score (nSPS) is 12.0. The summed E-state index contributed by atoms with van der Waals surface area (Å²) in [5.41, 5.74) is 5.36. The summed E-state index contributed by atoms with van der Waals surface area (Å²) < 4.78 is 5.85. The Balaban J connectivity index is 2.08. The Bertz CT molecular complexity index is 704. The Labute approximate surface area is 137 Å². The quantitative estimate of drug-likeness (QED) is 0.850. The first kappa shape index (κ1) is 17.1. The van der Waals surface area contributed by atoms with Crippen LogP contribution < -0.4 is 4.74 Å². The molecule has 2 aromatic rings. The molecule has 0 bridgehead atoms. The molecule has 0 aliphatic rings. The van der Waals surface area contributed by atoms with Gasteiger partial charge in [0.25, 0.3) is 0 Å². The topological polar surface area (TPSA) is 46.5 Å². The van der Waals surface area contributed by atoms with Crippen molar-refractivity contribution < 1.29 is 14.6 Å². The van der Waals surface area contributed by atoms with Crippen molar-refractivity contribution in [2.24, 2.45) is 0 Å². The number of ether oxygens (including phenoxy) is 1. The van der Waals surface area contributed by atoms with Gasteiger partial charge in [-0.3, -0.25) is 4.79 Å². The van der Waals surface area contributed by atoms with Gasteiger partial charge >= 0.3 is 5.97 Å². The summed E-state index contributed by atoms with van der Waals surface area (Å²) in [6.45, 7) is 8.46. The fraction of sp³-hybridized carbons (Fsp3) is 0.350. The maximum Gasteiger partial charge on any atom is 0.311 e. The minimum absolute atomic E-state index is 0.384. The van der Waals surface area contributed by atoms with Crippen LogP contribution in [0.2, 0.25) is 0 Å². The van der Waals surface area contributed by atoms with E-state index in [-0.39, 0.29) is 0 Å². The van der Waals surface area contributed by atoms with E-state index in [1.165, 1.54) is 11.1 Å². The Hall–Kier alpha value is -2.29. The Kier molecular flexibility index (Phi) is 5.43. The molecule has 23 heavy (non-hydrogen) atoms. The summed E-state index contributed by atoms with van der Waals surface area (Å²) in [6, 6.07) is 11.8. The SMILES string of the molecule is Cc1cc(C)c(OCCC(C(=O)O)c2ccccc2C)cc1C. The lowest BCUT2D eigenvalue weighted by Gasteiger charge is -2.17. The number of hydrogen-bond donors (Lipinski definition) is 1. The average Bonchev–Trinajstić information content (AvgIpc) is 2.49. The predicted molar refractivity (Wildman–Crippen MR) is 92.3 cm³/mol. The van der Waals surface area contributed by atoms with Gasteiger partial charge in [0.05, 0.1) is 12.5 Å². The Morgan fingerprint density at radius 1 is 1.00 bits per heavy atom. The lowest BCUT2D eigenvalue weighted by Crippen LogP contribution is -2.16. The highest BCUT2D eigenvalue weighted by Gasteiger charge is 2.21. The second kappa shape index (κ2) is 7.32. The highest BCUT2D eigenvalue weighted by atomic mass is 16.5. The molecule has 0 heterocycles. The molecule has 2 rings (SSSR count). The number of aliphatic carboxylic acids is 1. The molecule has 0 amide bonds. The van der Waals surface area contributed by atoms with Crippen molar-refractivity contribution in [3.8, 4) is 5.75 Å². The Morgan fingerprint density at radius 3 is 2.30 bits per heavy atom. The van der Waals surface area contributed by atoms with E-state index in [0.29, 0.717) is 13.0 Å². The standard InChI is InChI=1S/C20H24O3/c1-13-7-5-6-8-17(13)18(20(21)22)9-10-23-19-12-15(3)14(2)11-16(19)4/h5-8,11-12,18H,9-10H2,1-4H3,(H,21,22). The molecule has 0 aromatic heterocycles. The zero-order valence-electron chi connectivity index (χ0n) is 14.2. The van der Waals surface area contributed by atoms with E-state index in [2.05, 4.69) is 19.9 Å². The summed E-state index contributed by atoms with van der Waals surface area (Å²) in [5, 5.41) is 9.53. The van der Waals surface area contributed by atoms with Gasteiger partial charge in [0.1, 0.15) is 5.75 Å². The lowest BCUT2D eigenvalue weighted by atomic mass is 9.92. The molecule has 3 nitrogen and oxygen atoms in total. The van der Waals surface area contributed by atoms with Crippen LogP contribution in [0, 0.1) is 27.7 Å². The van der Waals surface area contributed by atoms with E-state index in [0.717, 1.165) is 22.4 Å². The van der Waals surface area contributed by atoms with Crippen molar-refractivity contribution >= 4 is 5.97 Å². The van der Waals surface area contributed by atoms with Crippen LogP contribution >= 0.6 is 0 Å². The van der Waals surface area contributed by atoms with Gasteiger partial charge in [0, 0.05) is 0 Å². The van der Waals surface area contributed by atoms with Gasteiger partial charge in [-0.15, -0.1) is 0 Å². The van der Waals surface area contributed by atoms with Crippen molar-refractivity contribution in [3.63, 3.8) is 0 Å². The molecule has 122 valence electrons. The first-order chi connectivity index (χ1) is 10.9. The maximum absolute atomic E-state index is 11.6. The minimum atomic E-state index is -0.806. The summed E-state index contributed by atoms with van der Waals surface area (Å²) >= 11 is 0. The molecule has 1 N–H and O–H groups in total. The van der Waals surface area contributed by atoms with Crippen LogP contribution in [-0.4, -0.2) is 17.7 Å². The fourth-order valence-electron chi connectivity index (χ4n) is 2.77. The van der Waals surface area contributed by atoms with Gasteiger partial charge in [0.15, 0.2) is 0 Å². The van der Waals surface area contributed by atoms with Crippen LogP contribution in [-0.2, 0) is 4.79 Å². The lowest BCUT2D eigenvalue weighted by molar-refractivity contribution is -0.139. The van der Waals surface area contributed by atoms with Crippen LogP contribution in [0.15, 0.2) is 36.4 Å². The number of benzene rings is 2. The van der Waals surface area contributed by atoms with Gasteiger partial charge in [-0.2, -0.15) is 0 Å². The Morgan fingerprint density at radius 2 is 1.65 bits per heavy atom. The van der Waals surface area contributed by atoms with Crippen molar-refractivity contribution in [2.45, 2.75) is 40.0 Å². The number of hydrogen-bond acceptors (Lipinski definition) is 2. The van der Waals surface area contributed by atoms with Crippen molar-refractivity contribution in [1.82, 2.24) is 0 Å². The smallest absolute Gasteiger partial charge is 0.311 e. The van der Waals surface area contributed by atoms with Crippen LogP contribution in [0.1, 0.15) is 40.2 Å². The van der Waals surface area contributed by atoms with Crippen molar-refractivity contribution in [1.29, 1.82) is 0 Å². The summed E-state index contributed by atoms with van der Waals surface area (Å²) in [6.07, 6.45) is 0.451.